The first-order valence-electron chi connectivity index (χ1n) is 38.7. The van der Waals surface area contributed by atoms with Gasteiger partial charge in [-0.15, -0.1) is 12.4 Å². The van der Waals surface area contributed by atoms with Gasteiger partial charge in [0.2, 0.25) is 0 Å². The van der Waals surface area contributed by atoms with Gasteiger partial charge in [-0.25, -0.2) is 40.3 Å². The molecule has 1 unspecified atom stereocenters. The molecular weight excluding hydrogens is 1800 g/mol. The number of nitrogens with one attached hydrogen (secondary N) is 2. The topological polar surface area (TPSA) is 378 Å². The molecule has 0 spiro atoms. The number of ether oxygens (including phenoxy) is 4. The van der Waals surface area contributed by atoms with E-state index in [1.165, 1.54) is 96.7 Å². The third-order valence-electron chi connectivity index (χ3n) is 19.5. The Labute approximate surface area is 788 Å². The van der Waals surface area contributed by atoms with E-state index in [0.29, 0.717) is 49.0 Å². The van der Waals surface area contributed by atoms with Crippen LogP contribution in [-0.2, 0) is 47.5 Å². The smallest absolute Gasteiger partial charge is 0.870 e. The third kappa shape index (κ3) is 42.5. The summed E-state index contributed by atoms with van der Waals surface area (Å²) in [6, 6.07) is 39.5. The summed E-state index contributed by atoms with van der Waals surface area (Å²) >= 11 is 8.02. The zero-order valence-corrected chi connectivity index (χ0v) is 80.2. The van der Waals surface area contributed by atoms with Crippen molar-refractivity contribution in [3.63, 3.8) is 0 Å². The molecule has 0 aromatic heterocycles. The molecule has 4 aliphatic carbocycles. The minimum absolute atomic E-state index is 0. The van der Waals surface area contributed by atoms with E-state index >= 15 is 0 Å². The number of amides is 2. The van der Waals surface area contributed by atoms with Gasteiger partial charge in [0.05, 0.1) is 43.7 Å². The van der Waals surface area contributed by atoms with E-state index in [1.807, 2.05) is 60.6 Å². The molecule has 11 N–H and O–H groups in total. The summed E-state index contributed by atoms with van der Waals surface area (Å²) in [6.07, 6.45) is 4.06. The van der Waals surface area contributed by atoms with Crippen LogP contribution in [0.4, 0.5) is 30.7 Å². The number of aliphatic carboxylic acids is 3. The maximum atomic E-state index is 12.9. The van der Waals surface area contributed by atoms with Gasteiger partial charge in [-0.2, -0.15) is 24.4 Å². The second kappa shape index (κ2) is 56.7. The first-order valence-corrected chi connectivity index (χ1v) is 44.3. The van der Waals surface area contributed by atoms with Crippen LogP contribution in [0.25, 0.3) is 0 Å². The zero-order chi connectivity index (χ0) is 91.4. The molecule has 12 rings (SSSR count). The van der Waals surface area contributed by atoms with Crippen molar-refractivity contribution in [2.24, 2.45) is 22.0 Å². The Bertz CT molecular complexity index is 4420. The average Bonchev–Trinajstić information content (AvgIpc) is 1.55. The van der Waals surface area contributed by atoms with Gasteiger partial charge in [0.15, 0.2) is 0 Å². The van der Waals surface area contributed by atoms with Gasteiger partial charge >= 0.3 is 81.2 Å². The molecular formula is C89H116BrClF7KN3O19PS2. The van der Waals surface area contributed by atoms with Crippen molar-refractivity contribution in [3.05, 3.63) is 250 Å². The molecule has 682 valence electrons. The number of hydrogen-bond acceptors (Lipinski definition) is 19. The number of carboxylic acids is 3. The molecule has 1 aliphatic heterocycles. The molecule has 22 nitrogen and oxygen atoms in total. The quantitative estimate of drug-likeness (QED) is 0.00371. The van der Waals surface area contributed by atoms with E-state index in [0.717, 1.165) is 85.1 Å². The zero-order valence-electron chi connectivity index (χ0n) is 72.0. The molecule has 4 saturated carbocycles. The number of aliphatic hydroxyl groups excluding tert-OH is 3. The Morgan fingerprint density at radius 3 is 1.19 bits per heavy atom. The summed E-state index contributed by atoms with van der Waals surface area (Å²) in [4.78, 5) is 79.2. The van der Waals surface area contributed by atoms with Crippen molar-refractivity contribution < 1.29 is 175 Å². The average molecular weight is 1910 g/mol. The summed E-state index contributed by atoms with van der Waals surface area (Å²) < 4.78 is 120. The van der Waals surface area contributed by atoms with E-state index in [-0.39, 0.29) is 181 Å². The molecule has 12 atom stereocenters. The summed E-state index contributed by atoms with van der Waals surface area (Å²) in [5, 5.41) is 55.3. The predicted octanol–water partition coefficient (Wildman–Crippen LogP) is 14.2. The van der Waals surface area contributed by atoms with Crippen LogP contribution in [0.3, 0.4) is 0 Å². The molecule has 7 aromatic rings. The van der Waals surface area contributed by atoms with Crippen LogP contribution in [-0.4, -0.2) is 183 Å². The fourth-order valence-electron chi connectivity index (χ4n) is 11.6. The van der Waals surface area contributed by atoms with E-state index in [1.54, 1.807) is 75.7 Å². The third-order valence-corrected chi connectivity index (χ3v) is 23.1. The molecule has 7 aromatic carbocycles. The fourth-order valence-corrected chi connectivity index (χ4v) is 13.1. The number of alkyl halides is 1. The van der Waals surface area contributed by atoms with E-state index < -0.39 is 77.0 Å². The summed E-state index contributed by atoms with van der Waals surface area (Å²) in [6.45, 7) is 24.4. The monoisotopic (exact) mass is 1910 g/mol. The maximum absolute atomic E-state index is 12.9. The van der Waals surface area contributed by atoms with Gasteiger partial charge in [-0.1, -0.05) is 83.5 Å². The van der Waals surface area contributed by atoms with Crippen molar-refractivity contribution in [2.45, 2.75) is 160 Å². The Balaban J connectivity index is 0.00000139. The number of epoxide rings is 1. The molecule has 124 heavy (non-hydrogen) atoms. The van der Waals surface area contributed by atoms with Crippen molar-refractivity contribution in [2.75, 3.05) is 76.1 Å². The van der Waals surface area contributed by atoms with Gasteiger partial charge in [0.25, 0.3) is 11.8 Å². The minimum atomic E-state index is -2.00. The second-order valence-corrected chi connectivity index (χ2v) is 36.9. The largest absolute Gasteiger partial charge is 1.00 e. The van der Waals surface area contributed by atoms with Crippen molar-refractivity contribution >= 4 is 102 Å². The van der Waals surface area contributed by atoms with Crippen LogP contribution in [0.1, 0.15) is 180 Å². The van der Waals surface area contributed by atoms with Crippen LogP contribution in [0.2, 0.25) is 0 Å². The minimum Gasteiger partial charge on any atom is -0.870 e. The Morgan fingerprint density at radius 2 is 0.903 bits per heavy atom. The number of hydrogen-bond donors (Lipinski definition) is 10. The summed E-state index contributed by atoms with van der Waals surface area (Å²) in [5.74, 6) is -5.14. The number of esters is 2. The van der Waals surface area contributed by atoms with E-state index in [9.17, 15) is 68.9 Å². The molecule has 5 fully saturated rings. The number of carbonyl (C=O) groups is 7. The van der Waals surface area contributed by atoms with Crippen molar-refractivity contribution in [3.8, 4) is 0 Å². The fraction of sp³-hybridized carbons (Fsp3) is 0.449. The summed E-state index contributed by atoms with van der Waals surface area (Å²) in [5.41, 5.74) is 9.95. The summed E-state index contributed by atoms with van der Waals surface area (Å²) in [7, 11) is -0.996. The molecule has 1 heterocycles. The molecule has 35 heteroatoms. The van der Waals surface area contributed by atoms with Gasteiger partial charge in [-0.3, -0.25) is 24.0 Å². The Morgan fingerprint density at radius 1 is 0.573 bits per heavy atom. The van der Waals surface area contributed by atoms with Gasteiger partial charge in [0.1, 0.15) is 77.5 Å². The van der Waals surface area contributed by atoms with E-state index in [2.05, 4.69) is 46.1 Å². The standard InChI is InChI=1S/C16H21FO2.C13H15FO2.C12H14FNO4S.C11H11FO2.C10H10FNO3S.C10H12FN.C8H7FO.C6H15O2P.C2H5BrO.CH4O.ClH.K.H2O/c1-15(2,3)19-14(18)10-16(4)9-13(16)11-5-7-12(17)8-6-11;1-3-16-12(15)13(2)8-11(13)9-4-6-10(14)7-5-9;13-9-3-1-8(2-4-9)11(16)14-10(12(17)18)7-19-6-5-15;1-11(10(13)14)6-9(11)7-2-4-8(12)5-3-7;11-7-3-1-6(2-4-7)9(13)12-8(5-16)10(14)15;1-10(12)6-9(10)7-2-4-8(11)5-3-7;9-7-3-1-6(2-4-7)8-5-10-8;1-5-8-6(2)9(3,4)7;3-1-2-4;1-2;;;/h5-8,13H,9-10H2,1-4H3;4-7,11H,3,8H2,1-2H3;1-4,10,15H,5-7H2,(H,14,16)(H,17,18);2-5,9H,6H2,1H3,(H,13,14);1-4,8,16H,5H2,(H,12,13)(H,14,15);2-5,9H,6,12H2,1H3;1-4,8H,5H2;6H,5H2,1-4H3;4H,1-2H2;2H,1H3;1H;;1H2/q;;;;;;;;;;;+1;/p-1/t13-,16-;11-,13+;10-;9-,11+;8-;9-,10+;8-;;;;;;/m0000001....../s1. The number of rotatable bonds is 25. The van der Waals surface area contributed by atoms with Crippen LogP contribution < -0.4 is 67.8 Å². The number of halogens is 9. The number of thioether (sulfide) groups is 1. The van der Waals surface area contributed by atoms with Gasteiger partial charge in [0, 0.05) is 70.7 Å². The van der Waals surface area contributed by atoms with Crippen molar-refractivity contribution in [1.82, 2.24) is 10.6 Å². The first kappa shape index (κ1) is 117. The number of aliphatic hydroxyl groups is 3. The van der Waals surface area contributed by atoms with Crippen molar-refractivity contribution in [1.29, 1.82) is 0 Å². The Hall–Kier alpha value is -6.60. The number of thiol groups is 1. The SMILES string of the molecule is CC(C)(C)OC(=O)C[C@]1(C)C[C@H]1c1ccc(F)cc1.CCOC(=O)[C@]1(C)C[C@H]1c1ccc(F)cc1.CCOC(C)P(C)(C)=O.CO.C[C@@]1(C(=O)O)C[C@H]1c1ccc(F)cc1.C[C@@]1(N)C[C@H]1c1ccc(F)cc1.Cl.Fc1ccc([C@H]2CO2)cc1.O=C(N[C@@H](CS)C(=O)O)c1ccc(F)cc1.O=C(N[C@@H](CSCCO)C(=O)O)c1ccc(F)cc1.OCCBr.[K+].[OH-]. The molecule has 1 saturated heterocycles. The number of nitrogens with two attached hydrogens (primary N) is 1. The number of carboxylic acid groups (broad SMARTS) is 3. The van der Waals surface area contributed by atoms with Gasteiger partial charge < -0.3 is 76.0 Å². The van der Waals surface area contributed by atoms with Crippen LogP contribution in [0, 0.1) is 57.0 Å². The van der Waals surface area contributed by atoms with Crippen LogP contribution >= 0.6 is 59.9 Å². The number of benzene rings is 7. The molecule has 2 amide bonds. The second-order valence-electron chi connectivity index (χ2n) is 31.0. The van der Waals surface area contributed by atoms with E-state index in [4.69, 9.17) is 55.3 Å². The Kier molecular flexibility index (Phi) is 53.6. The number of carbonyl (C=O) groups excluding carboxylic acids is 4. The normalized spacial score (nSPS) is 20.8. The van der Waals surface area contributed by atoms with Crippen LogP contribution in [0.15, 0.2) is 170 Å². The molecule has 5 aliphatic rings. The predicted molar refractivity (Wildman–Crippen MR) is 469 cm³/mol. The van der Waals surface area contributed by atoms with Gasteiger partial charge in [-0.05, 0) is 250 Å². The maximum Gasteiger partial charge on any atom is 1.00 e. The molecule has 0 bridgehead atoms. The van der Waals surface area contributed by atoms with Crippen LogP contribution in [0.5, 0.6) is 0 Å². The first-order chi connectivity index (χ1) is 56.7. The molecule has 0 radical (unpaired) electrons.